The van der Waals surface area contributed by atoms with Crippen LogP contribution in [0.15, 0.2) is 58.4 Å². The van der Waals surface area contributed by atoms with Crippen molar-refractivity contribution in [3.8, 4) is 5.75 Å². The molecule has 160 valence electrons. The summed E-state index contributed by atoms with van der Waals surface area (Å²) in [5.74, 6) is -3.04. The molecule has 2 aromatic carbocycles. The third-order valence-electron chi connectivity index (χ3n) is 4.30. The maximum absolute atomic E-state index is 13.0. The number of hydrogen-bond acceptors (Lipinski definition) is 8. The summed E-state index contributed by atoms with van der Waals surface area (Å²) in [6.45, 7) is 3.26. The Morgan fingerprint density at radius 3 is 2.42 bits per heavy atom. The van der Waals surface area contributed by atoms with Crippen LogP contribution in [0, 0.1) is 12.8 Å². The Morgan fingerprint density at radius 1 is 1.13 bits per heavy atom. The molecule has 0 radical (unpaired) electrons. The first-order valence-corrected chi connectivity index (χ1v) is 10.4. The van der Waals surface area contributed by atoms with Gasteiger partial charge in [-0.3, -0.25) is 9.59 Å². The Balaban J connectivity index is 1.87. The van der Waals surface area contributed by atoms with Crippen LogP contribution in [0.5, 0.6) is 5.75 Å². The van der Waals surface area contributed by atoms with Crippen molar-refractivity contribution in [3.05, 3.63) is 64.6 Å². The Labute approximate surface area is 183 Å². The van der Waals surface area contributed by atoms with Crippen LogP contribution in [0.4, 0.5) is 5.69 Å². The lowest BCUT2D eigenvalue weighted by Crippen LogP contribution is -2.28. The van der Waals surface area contributed by atoms with Crippen LogP contribution in [-0.4, -0.2) is 36.0 Å². The van der Waals surface area contributed by atoms with Gasteiger partial charge < -0.3 is 19.4 Å². The van der Waals surface area contributed by atoms with E-state index in [-0.39, 0.29) is 12.4 Å². The third-order valence-corrected chi connectivity index (χ3v) is 5.37. The van der Waals surface area contributed by atoms with Crippen LogP contribution in [0.3, 0.4) is 0 Å². The SMILES string of the molecule is CCOC(=O)C1C(=O)/C(=C/c2ccc(OCC(=O)[O-])cc2)SC1=Nc1ccc(C)cc1. The number of esters is 1. The lowest BCUT2D eigenvalue weighted by Gasteiger charge is -2.07. The summed E-state index contributed by atoms with van der Waals surface area (Å²) >= 11 is 1.14. The molecule has 0 aliphatic carbocycles. The predicted molar refractivity (Wildman–Crippen MR) is 116 cm³/mol. The lowest BCUT2D eigenvalue weighted by atomic mass is 10.0. The summed E-state index contributed by atoms with van der Waals surface area (Å²) in [7, 11) is 0. The second-order valence-corrected chi connectivity index (χ2v) is 7.74. The van der Waals surface area contributed by atoms with Crippen molar-refractivity contribution in [2.75, 3.05) is 13.2 Å². The molecular weight excluding hydrogens is 418 g/mol. The molecular formula is C23H20NO6S-. The maximum Gasteiger partial charge on any atom is 0.323 e. The molecule has 3 rings (SSSR count). The molecule has 0 bridgehead atoms. The molecule has 31 heavy (non-hydrogen) atoms. The molecule has 7 nitrogen and oxygen atoms in total. The number of nitrogens with zero attached hydrogens (tertiary/aromatic N) is 1. The maximum atomic E-state index is 13.0. The Kier molecular flexibility index (Phi) is 7.25. The summed E-state index contributed by atoms with van der Waals surface area (Å²) in [5, 5.41) is 10.8. The normalized spacial score (nSPS) is 18.4. The fourth-order valence-corrected chi connectivity index (χ4v) is 3.91. The lowest BCUT2D eigenvalue weighted by molar-refractivity contribution is -0.307. The van der Waals surface area contributed by atoms with Crippen LogP contribution in [0.25, 0.3) is 6.08 Å². The van der Waals surface area contributed by atoms with Crippen molar-refractivity contribution in [1.82, 2.24) is 0 Å². The second-order valence-electron chi connectivity index (χ2n) is 6.68. The molecule has 8 heteroatoms. The molecule has 1 heterocycles. The smallest absolute Gasteiger partial charge is 0.323 e. The summed E-state index contributed by atoms with van der Waals surface area (Å²) in [4.78, 5) is 40.8. The van der Waals surface area contributed by atoms with Crippen molar-refractivity contribution in [1.29, 1.82) is 0 Å². The van der Waals surface area contributed by atoms with E-state index in [1.54, 1.807) is 37.3 Å². The number of carboxylic acids is 1. The zero-order chi connectivity index (χ0) is 22.4. The van der Waals surface area contributed by atoms with Gasteiger partial charge in [0.2, 0.25) is 0 Å². The fourth-order valence-electron chi connectivity index (χ4n) is 2.80. The number of rotatable bonds is 7. The van der Waals surface area contributed by atoms with Crippen LogP contribution in [0.2, 0.25) is 0 Å². The molecule has 0 aromatic heterocycles. The van der Waals surface area contributed by atoms with Crippen LogP contribution < -0.4 is 9.84 Å². The van der Waals surface area contributed by atoms with Crippen molar-refractivity contribution in [2.24, 2.45) is 10.9 Å². The number of aryl methyl sites for hydroxylation is 1. The molecule has 0 spiro atoms. The summed E-state index contributed by atoms with van der Waals surface area (Å²) in [5.41, 5.74) is 2.41. The first-order valence-electron chi connectivity index (χ1n) is 9.55. The number of hydrogen-bond donors (Lipinski definition) is 0. The minimum Gasteiger partial charge on any atom is -0.546 e. The minimum absolute atomic E-state index is 0.164. The second kappa shape index (κ2) is 10.1. The molecule has 1 unspecified atom stereocenters. The van der Waals surface area contributed by atoms with E-state index in [1.165, 1.54) is 0 Å². The van der Waals surface area contributed by atoms with Crippen LogP contribution in [0.1, 0.15) is 18.1 Å². The highest BCUT2D eigenvalue weighted by Crippen LogP contribution is 2.38. The van der Waals surface area contributed by atoms with Crippen molar-refractivity contribution >= 4 is 46.3 Å². The Bertz CT molecular complexity index is 1040. The van der Waals surface area contributed by atoms with E-state index >= 15 is 0 Å². The quantitative estimate of drug-likeness (QED) is 0.372. The van der Waals surface area contributed by atoms with Gasteiger partial charge in [-0.1, -0.05) is 41.6 Å². The summed E-state index contributed by atoms with van der Waals surface area (Å²) in [6, 6.07) is 14.0. The molecule has 0 amide bonds. The molecule has 1 aliphatic rings. The minimum atomic E-state index is -1.32. The van der Waals surface area contributed by atoms with E-state index < -0.39 is 24.5 Å². The van der Waals surface area contributed by atoms with Crippen molar-refractivity contribution in [2.45, 2.75) is 13.8 Å². The van der Waals surface area contributed by atoms with Gasteiger partial charge in [-0.2, -0.15) is 0 Å². The number of carboxylic acid groups (broad SMARTS) is 1. The predicted octanol–water partition coefficient (Wildman–Crippen LogP) is 2.69. The molecule has 0 saturated carbocycles. The van der Waals surface area contributed by atoms with Crippen molar-refractivity contribution < 1.29 is 29.0 Å². The number of aliphatic carboxylic acids is 1. The first kappa shape index (κ1) is 22.3. The van der Waals surface area contributed by atoms with Gasteiger partial charge >= 0.3 is 5.97 Å². The highest BCUT2D eigenvalue weighted by molar-refractivity contribution is 8.19. The van der Waals surface area contributed by atoms with Gasteiger partial charge in [0.05, 0.1) is 23.2 Å². The molecule has 1 aliphatic heterocycles. The van der Waals surface area contributed by atoms with Gasteiger partial charge in [0.1, 0.15) is 17.4 Å². The third kappa shape index (κ3) is 5.82. The largest absolute Gasteiger partial charge is 0.546 e. The van der Waals surface area contributed by atoms with Crippen LogP contribution in [-0.2, 0) is 19.1 Å². The van der Waals surface area contributed by atoms with Gasteiger partial charge in [-0.25, -0.2) is 4.99 Å². The van der Waals surface area contributed by atoms with Gasteiger partial charge in [-0.15, -0.1) is 0 Å². The molecule has 0 N–H and O–H groups in total. The number of thioether (sulfide) groups is 1. The zero-order valence-corrected chi connectivity index (χ0v) is 17.8. The van der Waals surface area contributed by atoms with E-state index in [2.05, 4.69) is 4.99 Å². The zero-order valence-electron chi connectivity index (χ0n) is 17.0. The Morgan fingerprint density at radius 2 is 1.81 bits per heavy atom. The number of benzene rings is 2. The highest BCUT2D eigenvalue weighted by Gasteiger charge is 2.42. The van der Waals surface area contributed by atoms with E-state index in [9.17, 15) is 19.5 Å². The van der Waals surface area contributed by atoms with Gasteiger partial charge in [0.15, 0.2) is 11.7 Å². The topological polar surface area (TPSA) is 105 Å². The number of ketones is 1. The van der Waals surface area contributed by atoms with Gasteiger partial charge in [0, 0.05) is 0 Å². The van der Waals surface area contributed by atoms with E-state index in [0.717, 1.165) is 17.3 Å². The average Bonchev–Trinajstić information content (AvgIpc) is 3.04. The highest BCUT2D eigenvalue weighted by atomic mass is 32.2. The number of Topliss-reactive ketones (excluding diaryl/α,β-unsaturated/α-hetero) is 1. The van der Waals surface area contributed by atoms with Gasteiger partial charge in [-0.05, 0) is 49.8 Å². The first-order chi connectivity index (χ1) is 14.9. The van der Waals surface area contributed by atoms with Gasteiger partial charge in [0.25, 0.3) is 0 Å². The van der Waals surface area contributed by atoms with E-state index in [4.69, 9.17) is 9.47 Å². The standard InChI is InChI=1S/C23H21NO6S/c1-3-29-23(28)20-21(27)18(31-22(20)24-16-8-4-14(2)5-9-16)12-15-6-10-17(11-7-15)30-13-19(25)26/h4-12,20H,3,13H2,1-2H3,(H,25,26)/p-1/b18-12-,24-22?. The summed E-state index contributed by atoms with van der Waals surface area (Å²) < 4.78 is 10.1. The number of carbonyl (C=O) groups excluding carboxylic acids is 3. The molecule has 1 fully saturated rings. The number of ether oxygens (including phenoxy) is 2. The number of allylic oxidation sites excluding steroid dienone is 1. The molecule has 1 saturated heterocycles. The molecule has 1 atom stereocenters. The Hall–Kier alpha value is -3.39. The van der Waals surface area contributed by atoms with E-state index in [1.807, 2.05) is 31.2 Å². The monoisotopic (exact) mass is 438 g/mol. The average molecular weight is 438 g/mol. The van der Waals surface area contributed by atoms with Crippen LogP contribution >= 0.6 is 11.8 Å². The van der Waals surface area contributed by atoms with E-state index in [0.29, 0.717) is 26.9 Å². The molecule has 2 aromatic rings. The fraction of sp³-hybridized carbons (Fsp3) is 0.217. The van der Waals surface area contributed by atoms with Crippen molar-refractivity contribution in [3.63, 3.8) is 0 Å². The number of aliphatic imine (C=N–C) groups is 1. The summed E-state index contributed by atoms with van der Waals surface area (Å²) in [6.07, 6.45) is 1.65. The number of carbonyl (C=O) groups is 3.